The Morgan fingerprint density at radius 2 is 2.25 bits per heavy atom. The topological polar surface area (TPSA) is 92.2 Å². The molecule has 20 heavy (non-hydrogen) atoms. The molecule has 0 bridgehead atoms. The van der Waals surface area contributed by atoms with Gasteiger partial charge in [-0.15, -0.1) is 0 Å². The monoisotopic (exact) mass is 317 g/mol. The second-order valence-electron chi connectivity index (χ2n) is 4.09. The Kier molecular flexibility index (Phi) is 6.74. The van der Waals surface area contributed by atoms with Crippen LogP contribution in [-0.4, -0.2) is 39.8 Å². The predicted octanol–water partition coefficient (Wildman–Crippen LogP) is 2.08. The van der Waals surface area contributed by atoms with Crippen LogP contribution in [0.1, 0.15) is 30.3 Å². The van der Waals surface area contributed by atoms with E-state index in [0.29, 0.717) is 11.6 Å². The second kappa shape index (κ2) is 8.06. The Morgan fingerprint density at radius 1 is 1.55 bits per heavy atom. The average molecular weight is 318 g/mol. The van der Waals surface area contributed by atoms with Crippen LogP contribution in [-0.2, 0) is 4.79 Å². The number of hydrogen-bond donors (Lipinski definition) is 2. The molecule has 1 unspecified atom stereocenters. The maximum atomic E-state index is 12.0. The number of thioether (sulfide) groups is 1. The highest BCUT2D eigenvalue weighted by Gasteiger charge is 2.19. The lowest BCUT2D eigenvalue weighted by molar-refractivity contribution is -0.141. The SMILES string of the molecule is CCCC(CNC(=O)c1nc(SC)ncc1Cl)C(=O)O. The maximum absolute atomic E-state index is 12.0. The number of rotatable bonds is 7. The maximum Gasteiger partial charge on any atom is 0.308 e. The van der Waals surface area contributed by atoms with Gasteiger partial charge in [-0.2, -0.15) is 0 Å². The van der Waals surface area contributed by atoms with Crippen molar-refractivity contribution in [3.63, 3.8) is 0 Å². The molecule has 0 spiro atoms. The number of carbonyl (C=O) groups is 2. The number of carboxylic acids is 1. The summed E-state index contributed by atoms with van der Waals surface area (Å²) in [6, 6.07) is 0. The van der Waals surface area contributed by atoms with Gasteiger partial charge in [-0.1, -0.05) is 36.7 Å². The first-order valence-electron chi connectivity index (χ1n) is 6.07. The molecule has 0 aliphatic carbocycles. The summed E-state index contributed by atoms with van der Waals surface area (Å²) in [4.78, 5) is 30.9. The van der Waals surface area contributed by atoms with Gasteiger partial charge < -0.3 is 10.4 Å². The van der Waals surface area contributed by atoms with E-state index in [1.165, 1.54) is 18.0 Å². The molecular formula is C12H16ClN3O3S. The molecule has 0 aliphatic heterocycles. The molecule has 110 valence electrons. The number of nitrogens with zero attached hydrogens (tertiary/aromatic N) is 2. The molecule has 0 aliphatic rings. The molecule has 0 saturated carbocycles. The van der Waals surface area contributed by atoms with Crippen LogP contribution in [0.25, 0.3) is 0 Å². The van der Waals surface area contributed by atoms with Gasteiger partial charge in [0, 0.05) is 6.54 Å². The lowest BCUT2D eigenvalue weighted by atomic mass is 10.0. The van der Waals surface area contributed by atoms with Crippen molar-refractivity contribution >= 4 is 35.2 Å². The summed E-state index contributed by atoms with van der Waals surface area (Å²) in [5.41, 5.74) is 0.0617. The van der Waals surface area contributed by atoms with Crippen LogP contribution < -0.4 is 5.32 Å². The Labute approximate surface area is 126 Å². The summed E-state index contributed by atoms with van der Waals surface area (Å²) in [5.74, 6) is -2.02. The van der Waals surface area contributed by atoms with Crippen molar-refractivity contribution in [2.24, 2.45) is 5.92 Å². The fourth-order valence-corrected chi connectivity index (χ4v) is 2.09. The predicted molar refractivity (Wildman–Crippen MR) is 77.2 cm³/mol. The van der Waals surface area contributed by atoms with E-state index >= 15 is 0 Å². The Bertz CT molecular complexity index is 499. The number of halogens is 1. The van der Waals surface area contributed by atoms with E-state index in [2.05, 4.69) is 15.3 Å². The average Bonchev–Trinajstić information content (AvgIpc) is 2.43. The van der Waals surface area contributed by atoms with E-state index in [1.807, 2.05) is 6.92 Å². The number of aliphatic carboxylic acids is 1. The van der Waals surface area contributed by atoms with Crippen LogP contribution in [0.4, 0.5) is 0 Å². The number of aromatic nitrogens is 2. The Hall–Kier alpha value is -1.34. The van der Waals surface area contributed by atoms with Crippen LogP contribution in [0.15, 0.2) is 11.4 Å². The molecule has 1 atom stereocenters. The number of carbonyl (C=O) groups excluding carboxylic acids is 1. The van der Waals surface area contributed by atoms with Crippen LogP contribution in [0.3, 0.4) is 0 Å². The van der Waals surface area contributed by atoms with Crippen molar-refractivity contribution in [3.8, 4) is 0 Å². The van der Waals surface area contributed by atoms with Gasteiger partial charge in [0.05, 0.1) is 17.1 Å². The van der Waals surface area contributed by atoms with Gasteiger partial charge in [-0.25, -0.2) is 9.97 Å². The zero-order valence-corrected chi connectivity index (χ0v) is 12.8. The smallest absolute Gasteiger partial charge is 0.308 e. The first-order valence-corrected chi connectivity index (χ1v) is 7.67. The number of nitrogens with one attached hydrogen (secondary N) is 1. The van der Waals surface area contributed by atoms with Crippen LogP contribution in [0, 0.1) is 5.92 Å². The van der Waals surface area contributed by atoms with Crippen LogP contribution in [0.2, 0.25) is 5.02 Å². The van der Waals surface area contributed by atoms with Gasteiger partial charge >= 0.3 is 5.97 Å². The second-order valence-corrected chi connectivity index (χ2v) is 5.27. The summed E-state index contributed by atoms with van der Waals surface area (Å²) in [5, 5.41) is 12.1. The van der Waals surface area contributed by atoms with Gasteiger partial charge in [0.1, 0.15) is 0 Å². The first kappa shape index (κ1) is 16.7. The lowest BCUT2D eigenvalue weighted by Crippen LogP contribution is -2.33. The van der Waals surface area contributed by atoms with Crippen molar-refractivity contribution in [1.29, 1.82) is 0 Å². The van der Waals surface area contributed by atoms with Gasteiger partial charge in [0.25, 0.3) is 5.91 Å². The Morgan fingerprint density at radius 3 is 2.80 bits per heavy atom. The largest absolute Gasteiger partial charge is 0.481 e. The van der Waals surface area contributed by atoms with Gasteiger partial charge in [0.15, 0.2) is 10.9 Å². The van der Waals surface area contributed by atoms with Crippen molar-refractivity contribution in [3.05, 3.63) is 16.9 Å². The fourth-order valence-electron chi connectivity index (χ4n) is 1.57. The molecule has 0 aromatic carbocycles. The number of carboxylic acid groups (broad SMARTS) is 1. The molecule has 2 N–H and O–H groups in total. The third-order valence-corrected chi connectivity index (χ3v) is 3.45. The van der Waals surface area contributed by atoms with Crippen molar-refractivity contribution in [2.75, 3.05) is 12.8 Å². The minimum atomic E-state index is -0.925. The highest BCUT2D eigenvalue weighted by molar-refractivity contribution is 7.98. The van der Waals surface area contributed by atoms with Gasteiger partial charge in [-0.3, -0.25) is 9.59 Å². The summed E-state index contributed by atoms with van der Waals surface area (Å²) in [6.45, 7) is 1.95. The van der Waals surface area contributed by atoms with Gasteiger partial charge in [0.2, 0.25) is 0 Å². The Balaban J connectivity index is 2.73. The van der Waals surface area contributed by atoms with E-state index in [9.17, 15) is 9.59 Å². The molecule has 1 heterocycles. The zero-order chi connectivity index (χ0) is 15.1. The minimum Gasteiger partial charge on any atom is -0.481 e. The highest BCUT2D eigenvalue weighted by Crippen LogP contribution is 2.16. The van der Waals surface area contributed by atoms with E-state index in [1.54, 1.807) is 6.26 Å². The molecule has 0 fully saturated rings. The molecule has 6 nitrogen and oxygen atoms in total. The number of hydrogen-bond acceptors (Lipinski definition) is 5. The van der Waals surface area contributed by atoms with Crippen molar-refractivity contribution in [1.82, 2.24) is 15.3 Å². The lowest BCUT2D eigenvalue weighted by Gasteiger charge is -2.12. The summed E-state index contributed by atoms with van der Waals surface area (Å²) < 4.78 is 0. The third kappa shape index (κ3) is 4.64. The van der Waals surface area contributed by atoms with Crippen molar-refractivity contribution in [2.45, 2.75) is 24.9 Å². The quantitative estimate of drug-likeness (QED) is 0.591. The summed E-state index contributed by atoms with van der Waals surface area (Å²) >= 11 is 7.17. The normalized spacial score (nSPS) is 11.9. The van der Waals surface area contributed by atoms with E-state index in [0.717, 1.165) is 6.42 Å². The third-order valence-electron chi connectivity index (χ3n) is 2.62. The summed E-state index contributed by atoms with van der Waals surface area (Å²) in [7, 11) is 0. The molecule has 1 aromatic rings. The van der Waals surface area contributed by atoms with Crippen molar-refractivity contribution < 1.29 is 14.7 Å². The molecule has 8 heteroatoms. The summed E-state index contributed by atoms with van der Waals surface area (Å²) in [6.07, 6.45) is 4.38. The standard InChI is InChI=1S/C12H16ClN3O3S/c1-3-4-7(11(18)19)5-14-10(17)9-8(13)6-15-12(16-9)20-2/h6-7H,3-5H2,1-2H3,(H,14,17)(H,18,19). The fraction of sp³-hybridized carbons (Fsp3) is 0.500. The highest BCUT2D eigenvalue weighted by atomic mass is 35.5. The van der Waals surface area contributed by atoms with Crippen LogP contribution >= 0.6 is 23.4 Å². The van der Waals surface area contributed by atoms with E-state index < -0.39 is 17.8 Å². The van der Waals surface area contributed by atoms with E-state index in [4.69, 9.17) is 16.7 Å². The minimum absolute atomic E-state index is 0.0525. The molecule has 0 saturated heterocycles. The first-order chi connectivity index (χ1) is 9.49. The molecule has 1 aromatic heterocycles. The molecular weight excluding hydrogens is 302 g/mol. The molecule has 1 rings (SSSR count). The molecule has 1 amide bonds. The van der Waals surface area contributed by atoms with Gasteiger partial charge in [-0.05, 0) is 12.7 Å². The van der Waals surface area contributed by atoms with Crippen LogP contribution in [0.5, 0.6) is 0 Å². The zero-order valence-electron chi connectivity index (χ0n) is 11.2. The number of amides is 1. The molecule has 0 radical (unpaired) electrons. The van der Waals surface area contributed by atoms with E-state index in [-0.39, 0.29) is 17.3 Å².